The lowest BCUT2D eigenvalue weighted by atomic mass is 9.37. The number of nitrogens with one attached hydrogen (secondary N) is 1. The molecule has 1 aromatic carbocycles. The van der Waals surface area contributed by atoms with Gasteiger partial charge in [-0.1, -0.05) is 24.0 Å². The molecule has 6 heteroatoms. The van der Waals surface area contributed by atoms with Crippen LogP contribution in [0.1, 0.15) is 18.4 Å². The van der Waals surface area contributed by atoms with Gasteiger partial charge in [0.05, 0.1) is 16.7 Å². The molecule has 3 aliphatic rings. The number of nitrogens with two attached hydrogens (primary N) is 1. The predicted octanol–water partition coefficient (Wildman–Crippen LogP) is 1.56. The molecule has 5 rings (SSSR count). The minimum atomic E-state index is -0.317. The van der Waals surface area contributed by atoms with Crippen molar-refractivity contribution in [1.82, 2.24) is 15.5 Å². The van der Waals surface area contributed by atoms with Gasteiger partial charge in [-0.05, 0) is 37.0 Å². The van der Waals surface area contributed by atoms with Gasteiger partial charge in [0, 0.05) is 18.5 Å². The molecule has 0 spiro atoms. The number of para-hydroxylation sites is 1. The molecule has 1 amide bonds. The third-order valence-corrected chi connectivity index (χ3v) is 5.36. The standard InChI is InChI=1S/C19H18N4O2/c1-21-18(25)19-9-12(10-19)14(19)7-6-11-8-15(22-23-17(11)20)13-4-2-3-5-16(13)24/h2-5,8,12,14,24H,9-10H2,1H3,(H2,20,23)(H,21,25). The zero-order valence-electron chi connectivity index (χ0n) is 13.8. The summed E-state index contributed by atoms with van der Waals surface area (Å²) >= 11 is 0. The molecule has 2 aromatic rings. The highest BCUT2D eigenvalue weighted by Crippen LogP contribution is 2.68. The van der Waals surface area contributed by atoms with E-state index in [0.29, 0.717) is 22.7 Å². The normalized spacial score (nSPS) is 25.8. The van der Waals surface area contributed by atoms with Crippen LogP contribution in [0, 0.1) is 29.1 Å². The first-order valence-electron chi connectivity index (χ1n) is 8.20. The molecule has 3 aliphatic carbocycles. The Hall–Kier alpha value is -3.07. The van der Waals surface area contributed by atoms with Crippen molar-refractivity contribution < 1.29 is 9.90 Å². The van der Waals surface area contributed by atoms with Crippen LogP contribution >= 0.6 is 0 Å². The number of carbonyl (C=O) groups excluding carboxylic acids is 1. The Labute approximate surface area is 145 Å². The number of anilines is 1. The Morgan fingerprint density at radius 1 is 1.36 bits per heavy atom. The Morgan fingerprint density at radius 3 is 2.76 bits per heavy atom. The summed E-state index contributed by atoms with van der Waals surface area (Å²) in [5.41, 5.74) is 7.23. The summed E-state index contributed by atoms with van der Waals surface area (Å²) < 4.78 is 0. The van der Waals surface area contributed by atoms with Gasteiger partial charge in [-0.15, -0.1) is 10.2 Å². The van der Waals surface area contributed by atoms with Crippen LogP contribution in [-0.2, 0) is 4.79 Å². The maximum absolute atomic E-state index is 12.1. The molecule has 0 saturated heterocycles. The third-order valence-electron chi connectivity index (χ3n) is 5.36. The lowest BCUT2D eigenvalue weighted by Gasteiger charge is -2.64. The van der Waals surface area contributed by atoms with E-state index in [9.17, 15) is 9.90 Å². The molecule has 0 radical (unpaired) electrons. The zero-order chi connectivity index (χ0) is 17.6. The summed E-state index contributed by atoms with van der Waals surface area (Å²) in [6, 6.07) is 8.63. The number of carbonyl (C=O) groups is 1. The fraction of sp³-hybridized carbons (Fsp3) is 0.316. The Balaban J connectivity index is 1.64. The fourth-order valence-corrected chi connectivity index (χ4v) is 3.81. The molecule has 3 saturated carbocycles. The van der Waals surface area contributed by atoms with Crippen LogP contribution in [0.3, 0.4) is 0 Å². The molecule has 2 bridgehead atoms. The summed E-state index contributed by atoms with van der Waals surface area (Å²) in [5, 5.41) is 20.7. The van der Waals surface area contributed by atoms with Gasteiger partial charge < -0.3 is 16.2 Å². The summed E-state index contributed by atoms with van der Waals surface area (Å²) in [4.78, 5) is 12.1. The van der Waals surface area contributed by atoms with E-state index in [2.05, 4.69) is 27.4 Å². The average molecular weight is 334 g/mol. The van der Waals surface area contributed by atoms with Crippen LogP contribution in [0.25, 0.3) is 11.3 Å². The smallest absolute Gasteiger partial charge is 0.227 e. The number of benzene rings is 1. The molecule has 3 fully saturated rings. The largest absolute Gasteiger partial charge is 0.507 e. The van der Waals surface area contributed by atoms with Gasteiger partial charge in [0.15, 0.2) is 5.82 Å². The van der Waals surface area contributed by atoms with Crippen molar-refractivity contribution in [3.8, 4) is 28.8 Å². The Morgan fingerprint density at radius 2 is 2.12 bits per heavy atom. The number of hydrogen-bond acceptors (Lipinski definition) is 5. The van der Waals surface area contributed by atoms with Crippen molar-refractivity contribution in [2.75, 3.05) is 12.8 Å². The number of rotatable bonds is 2. The SMILES string of the molecule is CNC(=O)C12CC(C1)C2C#Cc1cc(-c2ccccc2O)nnc1N. The van der Waals surface area contributed by atoms with Gasteiger partial charge in [0.2, 0.25) is 5.91 Å². The molecular formula is C19H18N4O2. The lowest BCUT2D eigenvalue weighted by Crippen LogP contribution is -2.67. The number of hydrogen-bond donors (Lipinski definition) is 3. The van der Waals surface area contributed by atoms with Crippen LogP contribution in [0.5, 0.6) is 5.75 Å². The molecule has 1 heterocycles. The van der Waals surface area contributed by atoms with E-state index in [1.807, 2.05) is 6.07 Å². The predicted molar refractivity (Wildman–Crippen MR) is 93.1 cm³/mol. The summed E-state index contributed by atoms with van der Waals surface area (Å²) in [6.45, 7) is 0. The zero-order valence-corrected chi connectivity index (χ0v) is 13.8. The van der Waals surface area contributed by atoms with Crippen LogP contribution < -0.4 is 11.1 Å². The number of phenols is 1. The van der Waals surface area contributed by atoms with E-state index in [4.69, 9.17) is 5.73 Å². The van der Waals surface area contributed by atoms with Crippen LogP contribution in [0.15, 0.2) is 30.3 Å². The summed E-state index contributed by atoms with van der Waals surface area (Å²) in [5.74, 6) is 7.29. The average Bonchev–Trinajstić information content (AvgIpc) is 2.55. The van der Waals surface area contributed by atoms with Crippen LogP contribution in [-0.4, -0.2) is 28.3 Å². The molecule has 6 nitrogen and oxygen atoms in total. The van der Waals surface area contributed by atoms with Gasteiger partial charge >= 0.3 is 0 Å². The second-order valence-corrected chi connectivity index (χ2v) is 6.70. The van der Waals surface area contributed by atoms with Crippen molar-refractivity contribution in [3.63, 3.8) is 0 Å². The van der Waals surface area contributed by atoms with Crippen molar-refractivity contribution in [2.24, 2.45) is 17.3 Å². The van der Waals surface area contributed by atoms with Crippen molar-refractivity contribution >= 4 is 11.7 Å². The van der Waals surface area contributed by atoms with Crippen molar-refractivity contribution in [3.05, 3.63) is 35.9 Å². The molecule has 4 N–H and O–H groups in total. The van der Waals surface area contributed by atoms with E-state index in [1.54, 1.807) is 31.3 Å². The second-order valence-electron chi connectivity index (χ2n) is 6.70. The molecule has 1 unspecified atom stereocenters. The Kier molecular flexibility index (Phi) is 3.39. The highest BCUT2D eigenvalue weighted by molar-refractivity contribution is 5.87. The van der Waals surface area contributed by atoms with E-state index in [0.717, 1.165) is 12.8 Å². The van der Waals surface area contributed by atoms with E-state index >= 15 is 0 Å². The molecule has 0 aliphatic heterocycles. The minimum Gasteiger partial charge on any atom is -0.507 e. The second kappa shape index (κ2) is 5.49. The number of nitrogen functional groups attached to an aromatic ring is 1. The first-order valence-corrected chi connectivity index (χ1v) is 8.20. The van der Waals surface area contributed by atoms with E-state index < -0.39 is 0 Å². The maximum Gasteiger partial charge on any atom is 0.227 e. The first kappa shape index (κ1) is 15.5. The molecule has 1 aromatic heterocycles. The quantitative estimate of drug-likeness (QED) is 0.724. The number of aromatic hydroxyl groups is 1. The first-order chi connectivity index (χ1) is 12.0. The molecular weight excluding hydrogens is 316 g/mol. The van der Waals surface area contributed by atoms with Gasteiger partial charge in [0.25, 0.3) is 0 Å². The number of phenolic OH excluding ortho intramolecular Hbond substituents is 1. The van der Waals surface area contributed by atoms with E-state index in [-0.39, 0.29) is 28.8 Å². The van der Waals surface area contributed by atoms with Crippen LogP contribution in [0.2, 0.25) is 0 Å². The number of amides is 1. The molecule has 126 valence electrons. The molecule has 1 atom stereocenters. The summed E-state index contributed by atoms with van der Waals surface area (Å²) in [7, 11) is 1.66. The van der Waals surface area contributed by atoms with Gasteiger partial charge in [-0.25, -0.2) is 0 Å². The summed E-state index contributed by atoms with van der Waals surface area (Å²) in [6.07, 6.45) is 1.83. The third kappa shape index (κ3) is 2.23. The minimum absolute atomic E-state index is 0.0741. The monoisotopic (exact) mass is 334 g/mol. The van der Waals surface area contributed by atoms with Crippen molar-refractivity contribution in [2.45, 2.75) is 12.8 Å². The maximum atomic E-state index is 12.1. The number of aromatic nitrogens is 2. The highest BCUT2D eigenvalue weighted by Gasteiger charge is 2.68. The van der Waals surface area contributed by atoms with Gasteiger partial charge in [-0.3, -0.25) is 4.79 Å². The fourth-order valence-electron chi connectivity index (χ4n) is 3.81. The Bertz CT molecular complexity index is 923. The van der Waals surface area contributed by atoms with Gasteiger partial charge in [-0.2, -0.15) is 0 Å². The van der Waals surface area contributed by atoms with E-state index in [1.165, 1.54) is 0 Å². The van der Waals surface area contributed by atoms with Gasteiger partial charge in [0.1, 0.15) is 5.75 Å². The lowest BCUT2D eigenvalue weighted by molar-refractivity contribution is -0.182. The van der Waals surface area contributed by atoms with Crippen molar-refractivity contribution in [1.29, 1.82) is 0 Å². The highest BCUT2D eigenvalue weighted by atomic mass is 16.3. The number of nitrogens with zero attached hydrogens (tertiary/aromatic N) is 2. The van der Waals surface area contributed by atoms with Crippen LogP contribution in [0.4, 0.5) is 5.82 Å². The topological polar surface area (TPSA) is 101 Å². The molecule has 25 heavy (non-hydrogen) atoms.